The van der Waals surface area contributed by atoms with Crippen LogP contribution in [0, 0.1) is 11.8 Å². The number of nitrogens with two attached hydrogens (primary N) is 2. The number of primary amides is 1. The van der Waals surface area contributed by atoms with Gasteiger partial charge in [0.25, 0.3) is 0 Å². The Morgan fingerprint density at radius 2 is 0.711 bits per heavy atom. The second-order valence-corrected chi connectivity index (χ2v) is 22.3. The smallest absolute Gasteiger partial charge is 0.242 e. The Morgan fingerprint density at radius 3 is 1.07 bits per heavy atom. The lowest BCUT2D eigenvalue weighted by Crippen LogP contribution is -2.52. The summed E-state index contributed by atoms with van der Waals surface area (Å²) >= 11 is 0. The van der Waals surface area contributed by atoms with Crippen molar-refractivity contribution in [2.45, 2.75) is 273 Å². The van der Waals surface area contributed by atoms with Crippen LogP contribution in [0.25, 0.3) is 0 Å². The molecule has 2 atom stereocenters. The molecule has 12 heteroatoms. The number of hydrogen-bond donors (Lipinski definition) is 3. The van der Waals surface area contributed by atoms with Crippen LogP contribution in [0.15, 0.2) is 24.3 Å². The molecular weight excluding hydrogens is 947 g/mol. The van der Waals surface area contributed by atoms with Gasteiger partial charge in [-0.2, -0.15) is 0 Å². The first-order valence-electron chi connectivity index (χ1n) is 32.1. The number of hydrogen-bond acceptors (Lipinski definition) is 7. The first-order chi connectivity index (χ1) is 37.0. The van der Waals surface area contributed by atoms with Gasteiger partial charge in [-0.05, 0) is 88.9 Å². The quantitative estimate of drug-likeness (QED) is 0.0403. The largest absolute Gasteiger partial charge is 0.368 e. The summed E-state index contributed by atoms with van der Waals surface area (Å²) in [4.78, 5) is 76.2. The summed E-state index contributed by atoms with van der Waals surface area (Å²) < 4.78 is 0. The fourth-order valence-corrected chi connectivity index (χ4v) is 10.0. The van der Waals surface area contributed by atoms with E-state index in [0.717, 1.165) is 122 Å². The van der Waals surface area contributed by atoms with Crippen LogP contribution in [-0.4, -0.2) is 121 Å². The number of carbonyl (C=O) groups excluding carboxylic acids is 5. The summed E-state index contributed by atoms with van der Waals surface area (Å²) in [5.74, 6) is -1.14. The van der Waals surface area contributed by atoms with Crippen molar-refractivity contribution in [2.24, 2.45) is 23.3 Å². The van der Waals surface area contributed by atoms with Gasteiger partial charge >= 0.3 is 0 Å². The molecule has 444 valence electrons. The average Bonchev–Trinajstić information content (AvgIpc) is 3.41. The van der Waals surface area contributed by atoms with Gasteiger partial charge in [0.2, 0.25) is 29.5 Å². The predicted octanol–water partition coefficient (Wildman–Crippen LogP) is 13.8. The standard InChI is InChI=1S/C64H123N7O5/c1-7-13-17-19-21-23-25-27-29-31-33-35-37-39-41-43-49-68(61(73)51-67-48-47-65)55-64(76)71(53-59(12-6)46-16-10-4)57-62(74)69(56-63(75)70(54-60(66)72)52-58(11-5)45-15-9-3)50-44-42-40-38-36-34-32-30-28-26-24-22-20-18-14-8-2/h27-30,58-59,67H,7-26,31-57,65H2,1-6H3,(H2,66,72)/b29-27-,30-28-. The normalized spacial score (nSPS) is 12.4. The van der Waals surface area contributed by atoms with Crippen molar-refractivity contribution in [1.82, 2.24) is 24.9 Å². The van der Waals surface area contributed by atoms with Crippen molar-refractivity contribution in [3.05, 3.63) is 24.3 Å². The molecule has 0 bridgehead atoms. The van der Waals surface area contributed by atoms with E-state index in [1.165, 1.54) is 109 Å². The van der Waals surface area contributed by atoms with Gasteiger partial charge in [-0.15, -0.1) is 0 Å². The van der Waals surface area contributed by atoms with E-state index >= 15 is 0 Å². The molecule has 0 heterocycles. The minimum atomic E-state index is -0.575. The highest BCUT2D eigenvalue weighted by molar-refractivity contribution is 5.91. The second kappa shape index (κ2) is 53.7. The SMILES string of the molecule is CCCCCCCC/C=C\CCCCCCCCN(CC(=O)N(CC(=O)N(CCCCCCCC/C=C\CCCCCCCC)CC(=O)N(CC(N)=O)CC(CC)CCCC)CC(CC)CCCC)C(=O)CNCCN. The lowest BCUT2D eigenvalue weighted by molar-refractivity contribution is -0.147. The molecule has 0 fully saturated rings. The molecule has 0 spiro atoms. The summed E-state index contributed by atoms with van der Waals surface area (Å²) in [6.07, 6.45) is 50.2. The zero-order valence-corrected chi connectivity index (χ0v) is 50.7. The molecule has 2 unspecified atom stereocenters. The van der Waals surface area contributed by atoms with Crippen molar-refractivity contribution in [1.29, 1.82) is 0 Å². The van der Waals surface area contributed by atoms with Crippen LogP contribution in [-0.2, 0) is 24.0 Å². The van der Waals surface area contributed by atoms with Crippen LogP contribution in [0.5, 0.6) is 0 Å². The van der Waals surface area contributed by atoms with Gasteiger partial charge in [0.15, 0.2) is 0 Å². The van der Waals surface area contributed by atoms with E-state index in [1.54, 1.807) is 19.6 Å². The van der Waals surface area contributed by atoms with E-state index in [2.05, 4.69) is 71.2 Å². The number of carbonyl (C=O) groups is 5. The van der Waals surface area contributed by atoms with E-state index in [-0.39, 0.29) is 68.2 Å². The van der Waals surface area contributed by atoms with Crippen molar-refractivity contribution in [3.8, 4) is 0 Å². The monoisotopic (exact) mass is 1070 g/mol. The Hall–Kier alpha value is -3.25. The maximum Gasteiger partial charge on any atom is 0.242 e. The van der Waals surface area contributed by atoms with E-state index in [4.69, 9.17) is 11.5 Å². The first-order valence-corrected chi connectivity index (χ1v) is 32.1. The van der Waals surface area contributed by atoms with Gasteiger partial charge in [-0.1, -0.05) is 220 Å². The van der Waals surface area contributed by atoms with Crippen molar-refractivity contribution in [2.75, 3.05) is 72.0 Å². The maximum absolute atomic E-state index is 14.7. The van der Waals surface area contributed by atoms with Gasteiger partial charge in [-0.3, -0.25) is 24.0 Å². The highest BCUT2D eigenvalue weighted by Gasteiger charge is 2.29. The Kier molecular flexibility index (Phi) is 51.4. The van der Waals surface area contributed by atoms with Crippen LogP contribution in [0.4, 0.5) is 0 Å². The Labute approximate surface area is 468 Å². The minimum absolute atomic E-state index is 0.0925. The molecule has 0 radical (unpaired) electrons. The molecule has 5 N–H and O–H groups in total. The first kappa shape index (κ1) is 72.8. The molecule has 0 saturated carbocycles. The van der Waals surface area contributed by atoms with Crippen LogP contribution in [0.3, 0.4) is 0 Å². The number of nitrogens with one attached hydrogen (secondary N) is 1. The lowest BCUT2D eigenvalue weighted by atomic mass is 9.98. The summed E-state index contributed by atoms with van der Waals surface area (Å²) in [5, 5.41) is 3.13. The molecule has 0 aliphatic carbocycles. The zero-order chi connectivity index (χ0) is 56.1. The third kappa shape index (κ3) is 42.7. The molecule has 12 nitrogen and oxygen atoms in total. The summed E-state index contributed by atoms with van der Waals surface area (Å²) in [6.45, 7) is 15.1. The van der Waals surface area contributed by atoms with E-state index < -0.39 is 5.91 Å². The van der Waals surface area contributed by atoms with Crippen LogP contribution < -0.4 is 16.8 Å². The average molecular weight is 1070 g/mol. The van der Waals surface area contributed by atoms with Gasteiger partial charge in [0.05, 0.1) is 32.7 Å². The molecule has 0 saturated heterocycles. The number of nitrogens with zero attached hydrogens (tertiary/aromatic N) is 4. The molecule has 5 amide bonds. The molecule has 0 aliphatic rings. The molecule has 0 rings (SSSR count). The minimum Gasteiger partial charge on any atom is -0.368 e. The molecule has 0 aromatic heterocycles. The molecule has 0 aliphatic heterocycles. The second-order valence-electron chi connectivity index (χ2n) is 22.3. The van der Waals surface area contributed by atoms with Crippen LogP contribution >= 0.6 is 0 Å². The number of amides is 5. The number of unbranched alkanes of at least 4 members (excludes halogenated alkanes) is 26. The third-order valence-electron chi connectivity index (χ3n) is 15.3. The van der Waals surface area contributed by atoms with Crippen molar-refractivity contribution < 1.29 is 24.0 Å². The van der Waals surface area contributed by atoms with Crippen molar-refractivity contribution in [3.63, 3.8) is 0 Å². The Bertz CT molecular complexity index is 1460. The predicted molar refractivity (Wildman–Crippen MR) is 323 cm³/mol. The highest BCUT2D eigenvalue weighted by atomic mass is 16.2. The van der Waals surface area contributed by atoms with Crippen LogP contribution in [0.1, 0.15) is 273 Å². The van der Waals surface area contributed by atoms with Gasteiger partial charge in [0, 0.05) is 39.3 Å². The zero-order valence-electron chi connectivity index (χ0n) is 50.7. The van der Waals surface area contributed by atoms with Crippen LogP contribution in [0.2, 0.25) is 0 Å². The fraction of sp³-hybridized carbons (Fsp3) is 0.859. The van der Waals surface area contributed by atoms with E-state index in [0.29, 0.717) is 39.3 Å². The molecular formula is C64H123N7O5. The van der Waals surface area contributed by atoms with E-state index in [1.807, 2.05) is 0 Å². The number of rotatable bonds is 56. The van der Waals surface area contributed by atoms with Gasteiger partial charge < -0.3 is 36.4 Å². The highest BCUT2D eigenvalue weighted by Crippen LogP contribution is 2.19. The Morgan fingerprint density at radius 1 is 0.395 bits per heavy atom. The molecule has 76 heavy (non-hydrogen) atoms. The van der Waals surface area contributed by atoms with Gasteiger partial charge in [0.1, 0.15) is 0 Å². The Balaban J connectivity index is 6.06. The lowest BCUT2D eigenvalue weighted by Gasteiger charge is -2.33. The topological polar surface area (TPSA) is 162 Å². The molecule has 0 aromatic rings. The molecule has 0 aromatic carbocycles. The summed E-state index contributed by atoms with van der Waals surface area (Å²) in [6, 6.07) is 0. The third-order valence-corrected chi connectivity index (χ3v) is 15.3. The summed E-state index contributed by atoms with van der Waals surface area (Å²) in [5.41, 5.74) is 11.5. The number of allylic oxidation sites excluding steroid dienone is 4. The van der Waals surface area contributed by atoms with E-state index in [9.17, 15) is 24.0 Å². The summed E-state index contributed by atoms with van der Waals surface area (Å²) in [7, 11) is 0. The fourth-order valence-electron chi connectivity index (χ4n) is 10.0. The maximum atomic E-state index is 14.7. The van der Waals surface area contributed by atoms with Crippen molar-refractivity contribution >= 4 is 29.5 Å². The van der Waals surface area contributed by atoms with Gasteiger partial charge in [-0.25, -0.2) is 0 Å².